The van der Waals surface area contributed by atoms with E-state index in [0.717, 1.165) is 38.5 Å². The van der Waals surface area contributed by atoms with Crippen LogP contribution in [0.3, 0.4) is 0 Å². The van der Waals surface area contributed by atoms with Crippen molar-refractivity contribution >= 4 is 5.78 Å². The smallest absolute Gasteiger partial charge is 0.138 e. The van der Waals surface area contributed by atoms with E-state index >= 15 is 0 Å². The van der Waals surface area contributed by atoms with Crippen molar-refractivity contribution in [3.05, 3.63) is 0 Å². The van der Waals surface area contributed by atoms with Crippen molar-refractivity contribution in [3.63, 3.8) is 0 Å². The lowest BCUT2D eigenvalue weighted by Crippen LogP contribution is -2.14. The summed E-state index contributed by atoms with van der Waals surface area (Å²) < 4.78 is 26.8. The van der Waals surface area contributed by atoms with Crippen molar-refractivity contribution in [2.24, 2.45) is 0 Å². The molecule has 108 valence electrons. The quantitative estimate of drug-likeness (QED) is 0.443. The summed E-state index contributed by atoms with van der Waals surface area (Å²) in [5, 5.41) is 0. The average molecular weight is 262 g/mol. The number of ketones is 1. The minimum absolute atomic E-state index is 0.0993. The summed E-state index contributed by atoms with van der Waals surface area (Å²) in [6.45, 7) is 4.12. The fraction of sp³-hybridized carbons (Fsp3) is 0.933. The highest BCUT2D eigenvalue weighted by Gasteiger charge is 2.16. The summed E-state index contributed by atoms with van der Waals surface area (Å²) in [6, 6.07) is 0. The van der Waals surface area contributed by atoms with Crippen molar-refractivity contribution in [1.29, 1.82) is 0 Å². The normalized spacial score (nSPS) is 14.4. The fourth-order valence-electron chi connectivity index (χ4n) is 2.01. The van der Waals surface area contributed by atoms with Crippen molar-refractivity contribution in [3.8, 4) is 0 Å². The van der Waals surface area contributed by atoms with Crippen LogP contribution in [0.5, 0.6) is 0 Å². The Hall–Kier alpha value is -0.470. The van der Waals surface area contributed by atoms with E-state index in [0.29, 0.717) is 12.8 Å². The Bertz CT molecular complexity index is 187. The van der Waals surface area contributed by atoms with Crippen LogP contribution >= 0.6 is 0 Å². The first-order chi connectivity index (χ1) is 8.60. The molecule has 0 N–H and O–H groups in total. The molecule has 0 rings (SSSR count). The van der Waals surface area contributed by atoms with Crippen molar-refractivity contribution in [1.82, 2.24) is 0 Å². The van der Waals surface area contributed by atoms with Gasteiger partial charge in [0, 0.05) is 12.8 Å². The van der Waals surface area contributed by atoms with Gasteiger partial charge in [-0.2, -0.15) is 0 Å². The predicted octanol–water partition coefficient (Wildman–Crippen LogP) is 5.17. The van der Waals surface area contributed by atoms with Crippen LogP contribution < -0.4 is 0 Å². The van der Waals surface area contributed by atoms with Crippen LogP contribution in [0.1, 0.15) is 78.1 Å². The molecule has 0 saturated carbocycles. The van der Waals surface area contributed by atoms with Gasteiger partial charge in [0.1, 0.15) is 18.1 Å². The third kappa shape index (κ3) is 10.7. The highest BCUT2D eigenvalue weighted by atomic mass is 19.1. The highest BCUT2D eigenvalue weighted by Crippen LogP contribution is 2.15. The van der Waals surface area contributed by atoms with Gasteiger partial charge >= 0.3 is 0 Å². The molecule has 0 radical (unpaired) electrons. The van der Waals surface area contributed by atoms with Gasteiger partial charge in [0.25, 0.3) is 0 Å². The Morgan fingerprint density at radius 1 is 0.833 bits per heavy atom. The molecule has 0 fully saturated rings. The van der Waals surface area contributed by atoms with E-state index in [1.54, 1.807) is 0 Å². The lowest BCUT2D eigenvalue weighted by molar-refractivity contribution is -0.121. The molecule has 0 saturated heterocycles. The number of carbonyl (C=O) groups excluding carboxylic acids is 1. The van der Waals surface area contributed by atoms with E-state index in [4.69, 9.17) is 0 Å². The number of carbonyl (C=O) groups is 1. The summed E-state index contributed by atoms with van der Waals surface area (Å²) in [7, 11) is 0. The highest BCUT2D eigenvalue weighted by molar-refractivity contribution is 5.79. The Balaban J connectivity index is 3.61. The number of alkyl halides is 2. The lowest BCUT2D eigenvalue weighted by atomic mass is 10.0. The standard InChI is InChI=1S/C15H28F2O/c1-3-5-7-9-13(16)11-15(18)12-14(17)10-8-6-4-2/h13-14H,3-12H2,1-2H3. The van der Waals surface area contributed by atoms with Crippen LogP contribution in [-0.2, 0) is 4.79 Å². The third-order valence-corrected chi connectivity index (χ3v) is 3.14. The van der Waals surface area contributed by atoms with Gasteiger partial charge < -0.3 is 0 Å². The zero-order chi connectivity index (χ0) is 13.8. The van der Waals surface area contributed by atoms with E-state index < -0.39 is 12.3 Å². The molecule has 0 aliphatic heterocycles. The van der Waals surface area contributed by atoms with Crippen molar-refractivity contribution in [2.75, 3.05) is 0 Å². The summed E-state index contributed by atoms with van der Waals surface area (Å²) in [6.07, 6.45) is 4.25. The third-order valence-electron chi connectivity index (χ3n) is 3.14. The summed E-state index contributed by atoms with van der Waals surface area (Å²) in [5.74, 6) is -0.261. The number of unbranched alkanes of at least 4 members (excludes halogenated alkanes) is 4. The molecule has 0 aliphatic rings. The maximum absolute atomic E-state index is 13.4. The maximum Gasteiger partial charge on any atom is 0.138 e. The first kappa shape index (κ1) is 17.5. The molecule has 0 aromatic carbocycles. The van der Waals surface area contributed by atoms with Gasteiger partial charge in [0.15, 0.2) is 0 Å². The van der Waals surface area contributed by atoms with Crippen molar-refractivity contribution < 1.29 is 13.6 Å². The molecule has 0 aromatic heterocycles. The van der Waals surface area contributed by atoms with E-state index in [2.05, 4.69) is 13.8 Å². The van der Waals surface area contributed by atoms with Crippen LogP contribution in [-0.4, -0.2) is 18.1 Å². The maximum atomic E-state index is 13.4. The van der Waals surface area contributed by atoms with Gasteiger partial charge in [-0.05, 0) is 12.8 Å². The summed E-state index contributed by atoms with van der Waals surface area (Å²) in [5.41, 5.74) is 0. The Morgan fingerprint density at radius 2 is 1.22 bits per heavy atom. The average Bonchev–Trinajstić information content (AvgIpc) is 2.29. The molecule has 1 nitrogen and oxygen atoms in total. The number of Topliss-reactive ketones (excluding diaryl/α,β-unsaturated/α-hetero) is 1. The van der Waals surface area contributed by atoms with Crippen LogP contribution in [0.4, 0.5) is 8.78 Å². The summed E-state index contributed by atoms with van der Waals surface area (Å²) >= 11 is 0. The Morgan fingerprint density at radius 3 is 1.56 bits per heavy atom. The van der Waals surface area contributed by atoms with Crippen molar-refractivity contribution in [2.45, 2.75) is 90.4 Å². The second-order valence-corrected chi connectivity index (χ2v) is 5.13. The lowest BCUT2D eigenvalue weighted by Gasteiger charge is -2.09. The van der Waals surface area contributed by atoms with Crippen LogP contribution in [0, 0.1) is 0 Å². The van der Waals surface area contributed by atoms with Gasteiger partial charge in [0.05, 0.1) is 0 Å². The van der Waals surface area contributed by atoms with E-state index in [1.807, 2.05) is 0 Å². The molecule has 2 unspecified atom stereocenters. The van der Waals surface area contributed by atoms with Crippen LogP contribution in [0.25, 0.3) is 0 Å². The topological polar surface area (TPSA) is 17.1 Å². The van der Waals surface area contributed by atoms with Gasteiger partial charge in [-0.15, -0.1) is 0 Å². The number of hydrogen-bond acceptors (Lipinski definition) is 1. The number of hydrogen-bond donors (Lipinski definition) is 0. The SMILES string of the molecule is CCCCCC(F)CC(=O)CC(F)CCCCC. The van der Waals surface area contributed by atoms with E-state index in [-0.39, 0.29) is 18.6 Å². The number of halogens is 2. The fourth-order valence-corrected chi connectivity index (χ4v) is 2.01. The van der Waals surface area contributed by atoms with Gasteiger partial charge in [-0.1, -0.05) is 52.4 Å². The Labute approximate surface area is 110 Å². The molecular formula is C15H28F2O. The molecule has 2 atom stereocenters. The largest absolute Gasteiger partial charge is 0.299 e. The molecule has 0 aliphatic carbocycles. The summed E-state index contributed by atoms with van der Waals surface area (Å²) in [4.78, 5) is 11.4. The molecule has 0 heterocycles. The number of rotatable bonds is 12. The zero-order valence-corrected chi connectivity index (χ0v) is 11.9. The van der Waals surface area contributed by atoms with E-state index in [9.17, 15) is 13.6 Å². The monoisotopic (exact) mass is 262 g/mol. The van der Waals surface area contributed by atoms with Crippen LogP contribution in [0.15, 0.2) is 0 Å². The Kier molecular flexibility index (Phi) is 11.3. The minimum Gasteiger partial charge on any atom is -0.299 e. The molecule has 3 heteroatoms. The van der Waals surface area contributed by atoms with Gasteiger partial charge in [-0.3, -0.25) is 4.79 Å². The molecule has 0 amide bonds. The van der Waals surface area contributed by atoms with Crippen LogP contribution in [0.2, 0.25) is 0 Å². The first-order valence-corrected chi connectivity index (χ1v) is 7.39. The first-order valence-electron chi connectivity index (χ1n) is 7.39. The zero-order valence-electron chi connectivity index (χ0n) is 11.9. The van der Waals surface area contributed by atoms with Gasteiger partial charge in [-0.25, -0.2) is 8.78 Å². The molecule has 0 aromatic rings. The second kappa shape index (κ2) is 11.6. The van der Waals surface area contributed by atoms with E-state index in [1.165, 1.54) is 0 Å². The molecular weight excluding hydrogens is 234 g/mol. The van der Waals surface area contributed by atoms with Gasteiger partial charge in [0.2, 0.25) is 0 Å². The predicted molar refractivity (Wildman–Crippen MR) is 72.3 cm³/mol. The molecule has 0 bridgehead atoms. The minimum atomic E-state index is -1.08. The second-order valence-electron chi connectivity index (χ2n) is 5.13. The molecule has 18 heavy (non-hydrogen) atoms. The molecule has 0 spiro atoms.